The number of nitrogens with one attached hydrogen (secondary N) is 1. The van der Waals surface area contributed by atoms with Gasteiger partial charge in [-0.1, -0.05) is 12.8 Å². The summed E-state index contributed by atoms with van der Waals surface area (Å²) in [4.78, 5) is 26.4. The van der Waals surface area contributed by atoms with E-state index in [1.165, 1.54) is 16.0 Å². The third-order valence-corrected chi connectivity index (χ3v) is 2.47. The Hall–Kier alpha value is -1.54. The number of carbonyl (C=O) groups is 2. The van der Waals surface area contributed by atoms with Gasteiger partial charge in [-0.2, -0.15) is 0 Å². The molecular weight excluding hydrogens is 220 g/mol. The van der Waals surface area contributed by atoms with Crippen LogP contribution in [0.2, 0.25) is 0 Å². The fraction of sp³-hybridized carbons (Fsp3) is 0.286. The summed E-state index contributed by atoms with van der Waals surface area (Å²) < 4.78 is 2.78. The van der Waals surface area contributed by atoms with E-state index in [1.54, 1.807) is 4.57 Å². The number of aromatic nitrogens is 2. The molecule has 0 atom stereocenters. The molecule has 2 rings (SSSR count). The highest BCUT2D eigenvalue weighted by molar-refractivity contribution is 7.78. The molecule has 0 spiro atoms. The van der Waals surface area contributed by atoms with Crippen LogP contribution in [0.15, 0.2) is 6.20 Å². The Kier molecular flexibility index (Phi) is 2.37. The first-order valence-electron chi connectivity index (χ1n) is 4.16. The van der Waals surface area contributed by atoms with Gasteiger partial charge >= 0.3 is 0 Å². The number of carbonyl (C=O) groups excluding carboxylic acids is 2. The topological polar surface area (TPSA) is 87.5 Å². The van der Waals surface area contributed by atoms with E-state index in [4.69, 9.17) is 5.21 Å². The molecule has 2 heterocycles. The Morgan fingerprint density at radius 1 is 1.60 bits per heavy atom. The van der Waals surface area contributed by atoms with Crippen molar-refractivity contribution in [1.82, 2.24) is 19.3 Å². The lowest BCUT2D eigenvalue weighted by Gasteiger charge is -2.21. The lowest BCUT2D eigenvalue weighted by Crippen LogP contribution is -2.33. The number of nitrogens with zero attached hydrogens (tertiary/aromatic N) is 3. The van der Waals surface area contributed by atoms with Crippen molar-refractivity contribution in [3.63, 3.8) is 0 Å². The number of hydrogen-bond donors (Lipinski definition) is 3. The van der Waals surface area contributed by atoms with Crippen molar-refractivity contribution in [2.24, 2.45) is 0 Å². The van der Waals surface area contributed by atoms with Gasteiger partial charge in [0.2, 0.25) is 5.82 Å². The first kappa shape index (κ1) is 9.99. The van der Waals surface area contributed by atoms with Crippen LogP contribution in [0.25, 0.3) is 0 Å². The molecule has 1 aromatic rings. The van der Waals surface area contributed by atoms with Crippen LogP contribution in [0.5, 0.6) is 0 Å². The molecule has 8 heteroatoms. The number of hydroxylamine groups is 1. The van der Waals surface area contributed by atoms with Gasteiger partial charge in [-0.05, 0) is 0 Å². The zero-order valence-corrected chi connectivity index (χ0v) is 8.44. The molecule has 0 fully saturated rings. The van der Waals surface area contributed by atoms with E-state index in [9.17, 15) is 9.59 Å². The molecule has 0 bridgehead atoms. The third-order valence-electron chi connectivity index (χ3n) is 2.09. The lowest BCUT2D eigenvalue weighted by molar-refractivity contribution is 0.0701. The Morgan fingerprint density at radius 2 is 2.33 bits per heavy atom. The van der Waals surface area contributed by atoms with Crippen LogP contribution in [0.3, 0.4) is 0 Å². The highest BCUT2D eigenvalue weighted by Gasteiger charge is 2.26. The molecule has 15 heavy (non-hydrogen) atoms. The van der Waals surface area contributed by atoms with E-state index in [2.05, 4.69) is 17.8 Å². The molecule has 0 aromatic carbocycles. The summed E-state index contributed by atoms with van der Waals surface area (Å²) >= 11 is 3.95. The smallest absolute Gasteiger partial charge is 0.299 e. The summed E-state index contributed by atoms with van der Waals surface area (Å²) in [5.41, 5.74) is 1.46. The SMILES string of the molecule is O=C(NO)c1cn2c(n1)C(=O)N(S)CC2. The van der Waals surface area contributed by atoms with E-state index in [0.29, 0.717) is 13.1 Å². The van der Waals surface area contributed by atoms with Gasteiger partial charge in [0.25, 0.3) is 11.8 Å². The van der Waals surface area contributed by atoms with E-state index < -0.39 is 5.91 Å². The van der Waals surface area contributed by atoms with Gasteiger partial charge in [-0.3, -0.25) is 19.1 Å². The first-order chi connectivity index (χ1) is 7.13. The molecule has 1 aromatic heterocycles. The van der Waals surface area contributed by atoms with E-state index in [0.717, 1.165) is 0 Å². The van der Waals surface area contributed by atoms with Gasteiger partial charge in [0.15, 0.2) is 0 Å². The van der Waals surface area contributed by atoms with Crippen LogP contribution < -0.4 is 5.48 Å². The predicted octanol–water partition coefficient (Wildman–Crippen LogP) is -0.697. The lowest BCUT2D eigenvalue weighted by atomic mass is 10.4. The van der Waals surface area contributed by atoms with Gasteiger partial charge in [-0.15, -0.1) is 0 Å². The molecular formula is C7H8N4O3S. The Morgan fingerprint density at radius 3 is 3.00 bits per heavy atom. The fourth-order valence-corrected chi connectivity index (χ4v) is 1.52. The Balaban J connectivity index is 2.39. The zero-order chi connectivity index (χ0) is 11.0. The van der Waals surface area contributed by atoms with Crippen molar-refractivity contribution in [2.45, 2.75) is 6.54 Å². The Bertz CT molecular complexity index is 430. The second-order valence-corrected chi connectivity index (χ2v) is 3.50. The predicted molar refractivity (Wildman–Crippen MR) is 51.5 cm³/mol. The zero-order valence-electron chi connectivity index (χ0n) is 7.54. The Labute approximate surface area is 90.2 Å². The maximum absolute atomic E-state index is 11.5. The summed E-state index contributed by atoms with van der Waals surface area (Å²) in [6.07, 6.45) is 1.42. The maximum Gasteiger partial charge on any atom is 0.299 e. The fourth-order valence-electron chi connectivity index (χ4n) is 1.34. The van der Waals surface area contributed by atoms with Gasteiger partial charge in [0.05, 0.1) is 6.54 Å². The molecule has 1 aliphatic rings. The number of amides is 2. The minimum absolute atomic E-state index is 0.00415. The largest absolute Gasteiger partial charge is 0.324 e. The van der Waals surface area contributed by atoms with Crippen LogP contribution in [-0.2, 0) is 6.54 Å². The molecule has 0 saturated carbocycles. The molecule has 80 valence electrons. The van der Waals surface area contributed by atoms with Crippen LogP contribution >= 0.6 is 12.8 Å². The van der Waals surface area contributed by atoms with Crippen molar-refractivity contribution in [2.75, 3.05) is 6.54 Å². The molecule has 1 aliphatic heterocycles. The van der Waals surface area contributed by atoms with Crippen molar-refractivity contribution in [3.05, 3.63) is 17.7 Å². The van der Waals surface area contributed by atoms with E-state index >= 15 is 0 Å². The molecule has 7 nitrogen and oxygen atoms in total. The van der Waals surface area contributed by atoms with E-state index in [1.807, 2.05) is 0 Å². The standard InChI is InChI=1S/C7H8N4O3S/c12-6(9-14)4-3-10-1-2-11(15)7(13)5(10)8-4/h3,14-15H,1-2H2,(H,9,12). The number of fused-ring (bicyclic) bond motifs is 1. The number of imidazole rings is 1. The molecule has 0 saturated heterocycles. The number of hydrogen-bond acceptors (Lipinski definition) is 5. The van der Waals surface area contributed by atoms with Crippen molar-refractivity contribution in [3.8, 4) is 0 Å². The van der Waals surface area contributed by atoms with Crippen LogP contribution in [0, 0.1) is 0 Å². The van der Waals surface area contributed by atoms with Gasteiger partial charge < -0.3 is 4.57 Å². The quantitative estimate of drug-likeness (QED) is 0.337. The highest BCUT2D eigenvalue weighted by Crippen LogP contribution is 2.13. The summed E-state index contributed by atoms with van der Waals surface area (Å²) in [6.45, 7) is 0.974. The average molecular weight is 228 g/mol. The van der Waals surface area contributed by atoms with Gasteiger partial charge in [-0.25, -0.2) is 10.5 Å². The molecule has 0 unspecified atom stereocenters. The van der Waals surface area contributed by atoms with Crippen molar-refractivity contribution < 1.29 is 14.8 Å². The molecule has 2 amide bonds. The number of thiol groups is 1. The summed E-state index contributed by atoms with van der Waals surface area (Å²) in [6, 6.07) is 0. The van der Waals surface area contributed by atoms with E-state index in [-0.39, 0.29) is 17.4 Å². The monoisotopic (exact) mass is 228 g/mol. The molecule has 0 radical (unpaired) electrons. The summed E-state index contributed by atoms with van der Waals surface area (Å²) in [5.74, 6) is -0.952. The van der Waals surface area contributed by atoms with Crippen molar-refractivity contribution >= 4 is 24.6 Å². The highest BCUT2D eigenvalue weighted by atomic mass is 32.1. The normalized spacial score (nSPS) is 15.1. The van der Waals surface area contributed by atoms with Crippen LogP contribution in [0.1, 0.15) is 21.1 Å². The first-order valence-corrected chi connectivity index (χ1v) is 4.56. The summed E-state index contributed by atoms with van der Waals surface area (Å²) in [5, 5.41) is 8.41. The second-order valence-electron chi connectivity index (χ2n) is 3.01. The third kappa shape index (κ3) is 1.57. The minimum Gasteiger partial charge on any atom is -0.324 e. The van der Waals surface area contributed by atoms with Gasteiger partial charge in [0, 0.05) is 12.7 Å². The average Bonchev–Trinajstić information content (AvgIpc) is 2.67. The second kappa shape index (κ2) is 3.55. The van der Waals surface area contributed by atoms with Crippen LogP contribution in [0.4, 0.5) is 0 Å². The van der Waals surface area contributed by atoms with Gasteiger partial charge in [0.1, 0.15) is 5.69 Å². The molecule has 2 N–H and O–H groups in total. The summed E-state index contributed by atoms with van der Waals surface area (Å²) in [7, 11) is 0. The maximum atomic E-state index is 11.5. The van der Waals surface area contributed by atoms with Crippen molar-refractivity contribution in [1.29, 1.82) is 0 Å². The van der Waals surface area contributed by atoms with Crippen LogP contribution in [-0.4, -0.2) is 37.4 Å². The number of rotatable bonds is 1. The molecule has 0 aliphatic carbocycles. The minimum atomic E-state index is -0.740.